The lowest BCUT2D eigenvalue weighted by molar-refractivity contribution is -0.137. The van der Waals surface area contributed by atoms with Gasteiger partial charge in [0.1, 0.15) is 0 Å². The summed E-state index contributed by atoms with van der Waals surface area (Å²) < 4.78 is 38.1. The molecule has 3 nitrogen and oxygen atoms in total. The summed E-state index contributed by atoms with van der Waals surface area (Å²) in [5.74, 6) is -0.417. The number of halogens is 3. The molecule has 23 heavy (non-hydrogen) atoms. The van der Waals surface area contributed by atoms with Crippen LogP contribution in [0.2, 0.25) is 0 Å². The molecular formula is C17H13F3N2O. The van der Waals surface area contributed by atoms with Gasteiger partial charge < -0.3 is 5.32 Å². The average molecular weight is 318 g/mol. The molecule has 6 heteroatoms. The number of nitrogens with zero attached hydrogens (tertiary/aromatic N) is 1. The van der Waals surface area contributed by atoms with Crippen molar-refractivity contribution in [3.05, 3.63) is 70.8 Å². The van der Waals surface area contributed by atoms with Crippen molar-refractivity contribution in [2.75, 3.05) is 0 Å². The highest BCUT2D eigenvalue weighted by Crippen LogP contribution is 2.30. The number of alkyl halides is 3. The minimum atomic E-state index is -4.42. The second-order valence-corrected chi connectivity index (χ2v) is 5.01. The van der Waals surface area contributed by atoms with Crippen LogP contribution in [0.1, 0.15) is 40.0 Å². The molecule has 0 saturated carbocycles. The monoisotopic (exact) mass is 318 g/mol. The van der Waals surface area contributed by atoms with Gasteiger partial charge in [-0.05, 0) is 48.9 Å². The van der Waals surface area contributed by atoms with Crippen molar-refractivity contribution >= 4 is 5.91 Å². The van der Waals surface area contributed by atoms with Crippen LogP contribution in [0.4, 0.5) is 13.2 Å². The number of carbonyl (C=O) groups excluding carboxylic acids is 1. The van der Waals surface area contributed by atoms with E-state index in [1.807, 2.05) is 6.07 Å². The van der Waals surface area contributed by atoms with Gasteiger partial charge in [0.2, 0.25) is 0 Å². The molecule has 2 aromatic carbocycles. The SMILES string of the molecule is CC(NC(=O)c1ccc(C#N)cc1)c1cccc(C(F)(F)F)c1. The first-order valence-corrected chi connectivity index (χ1v) is 6.79. The number of amides is 1. The Morgan fingerprint density at radius 2 is 1.83 bits per heavy atom. The van der Waals surface area contributed by atoms with E-state index in [1.54, 1.807) is 6.92 Å². The van der Waals surface area contributed by atoms with Crippen molar-refractivity contribution in [3.8, 4) is 6.07 Å². The number of nitrogens with one attached hydrogen (secondary N) is 1. The summed E-state index contributed by atoms with van der Waals surface area (Å²) in [6.45, 7) is 1.61. The molecule has 0 saturated heterocycles. The number of benzene rings is 2. The molecule has 118 valence electrons. The summed E-state index contributed by atoms with van der Waals surface area (Å²) in [5, 5.41) is 11.3. The second-order valence-electron chi connectivity index (χ2n) is 5.01. The summed E-state index contributed by atoms with van der Waals surface area (Å²) in [6.07, 6.45) is -4.42. The van der Waals surface area contributed by atoms with Crippen LogP contribution >= 0.6 is 0 Å². The lowest BCUT2D eigenvalue weighted by Gasteiger charge is -2.16. The van der Waals surface area contributed by atoms with Gasteiger partial charge in [-0.25, -0.2) is 0 Å². The predicted octanol–water partition coefficient (Wildman–Crippen LogP) is 4.07. The molecule has 0 fully saturated rings. The Labute approximate surface area is 131 Å². The van der Waals surface area contributed by atoms with E-state index in [2.05, 4.69) is 5.32 Å². The molecule has 1 amide bonds. The minimum Gasteiger partial charge on any atom is -0.346 e. The molecule has 1 unspecified atom stereocenters. The van der Waals surface area contributed by atoms with Crippen LogP contribution in [-0.4, -0.2) is 5.91 Å². The first-order valence-electron chi connectivity index (χ1n) is 6.79. The summed E-state index contributed by atoms with van der Waals surface area (Å²) in [4.78, 5) is 12.1. The molecule has 1 atom stereocenters. The number of hydrogen-bond donors (Lipinski definition) is 1. The van der Waals surface area contributed by atoms with E-state index in [1.165, 1.54) is 36.4 Å². The van der Waals surface area contributed by atoms with Crippen molar-refractivity contribution in [1.82, 2.24) is 5.32 Å². The highest BCUT2D eigenvalue weighted by atomic mass is 19.4. The van der Waals surface area contributed by atoms with Crippen molar-refractivity contribution in [3.63, 3.8) is 0 Å². The second kappa shape index (κ2) is 6.53. The van der Waals surface area contributed by atoms with E-state index in [0.717, 1.165) is 12.1 Å². The van der Waals surface area contributed by atoms with Crippen LogP contribution in [0.25, 0.3) is 0 Å². The zero-order chi connectivity index (χ0) is 17.0. The molecule has 0 aliphatic heterocycles. The quantitative estimate of drug-likeness (QED) is 0.927. The third-order valence-corrected chi connectivity index (χ3v) is 3.34. The molecule has 2 aromatic rings. The third-order valence-electron chi connectivity index (χ3n) is 3.34. The highest BCUT2D eigenvalue weighted by Gasteiger charge is 2.30. The van der Waals surface area contributed by atoms with E-state index in [0.29, 0.717) is 16.7 Å². The van der Waals surface area contributed by atoms with Crippen LogP contribution in [0.3, 0.4) is 0 Å². The Morgan fingerprint density at radius 3 is 2.39 bits per heavy atom. The zero-order valence-corrected chi connectivity index (χ0v) is 12.2. The predicted molar refractivity (Wildman–Crippen MR) is 78.5 cm³/mol. The van der Waals surface area contributed by atoms with Gasteiger partial charge in [0.05, 0.1) is 23.2 Å². The summed E-state index contributed by atoms with van der Waals surface area (Å²) in [7, 11) is 0. The van der Waals surface area contributed by atoms with E-state index in [4.69, 9.17) is 5.26 Å². The van der Waals surface area contributed by atoms with E-state index in [-0.39, 0.29) is 0 Å². The van der Waals surface area contributed by atoms with E-state index in [9.17, 15) is 18.0 Å². The molecule has 2 rings (SSSR count). The molecule has 0 aromatic heterocycles. The molecule has 0 bridgehead atoms. The Bertz CT molecular complexity index is 746. The first-order chi connectivity index (χ1) is 10.8. The van der Waals surface area contributed by atoms with Crippen molar-refractivity contribution in [2.45, 2.75) is 19.1 Å². The number of nitriles is 1. The lowest BCUT2D eigenvalue weighted by atomic mass is 10.0. The van der Waals surface area contributed by atoms with Crippen molar-refractivity contribution < 1.29 is 18.0 Å². The van der Waals surface area contributed by atoms with E-state index < -0.39 is 23.7 Å². The van der Waals surface area contributed by atoms with Gasteiger partial charge in [-0.15, -0.1) is 0 Å². The molecule has 0 aliphatic rings. The Balaban J connectivity index is 2.13. The van der Waals surface area contributed by atoms with Crippen LogP contribution in [-0.2, 0) is 6.18 Å². The lowest BCUT2D eigenvalue weighted by Crippen LogP contribution is -2.26. The van der Waals surface area contributed by atoms with Crippen LogP contribution < -0.4 is 5.32 Å². The molecule has 0 aliphatic carbocycles. The number of rotatable bonds is 3. The topological polar surface area (TPSA) is 52.9 Å². The fraction of sp³-hybridized carbons (Fsp3) is 0.176. The Morgan fingerprint density at radius 1 is 1.17 bits per heavy atom. The smallest absolute Gasteiger partial charge is 0.346 e. The number of hydrogen-bond acceptors (Lipinski definition) is 2. The Kier molecular flexibility index (Phi) is 4.70. The molecule has 1 N–H and O–H groups in total. The van der Waals surface area contributed by atoms with Gasteiger partial charge in [-0.1, -0.05) is 12.1 Å². The fourth-order valence-electron chi connectivity index (χ4n) is 2.04. The molecule has 0 heterocycles. The Hall–Kier alpha value is -2.81. The number of carbonyl (C=O) groups is 1. The van der Waals surface area contributed by atoms with Crippen LogP contribution in [0.15, 0.2) is 48.5 Å². The van der Waals surface area contributed by atoms with Gasteiger partial charge in [0.15, 0.2) is 0 Å². The normalized spacial score (nSPS) is 12.3. The van der Waals surface area contributed by atoms with Gasteiger partial charge in [0, 0.05) is 5.56 Å². The highest BCUT2D eigenvalue weighted by molar-refractivity contribution is 5.94. The van der Waals surface area contributed by atoms with Gasteiger partial charge in [0.25, 0.3) is 5.91 Å². The van der Waals surface area contributed by atoms with Gasteiger partial charge >= 0.3 is 6.18 Å². The standard InChI is InChI=1S/C17H13F3N2O/c1-11(14-3-2-4-15(9-14)17(18,19)20)22-16(23)13-7-5-12(10-21)6-8-13/h2-9,11H,1H3,(H,22,23). The fourth-order valence-corrected chi connectivity index (χ4v) is 2.04. The maximum Gasteiger partial charge on any atom is 0.416 e. The van der Waals surface area contributed by atoms with Crippen molar-refractivity contribution in [2.24, 2.45) is 0 Å². The van der Waals surface area contributed by atoms with Crippen LogP contribution in [0.5, 0.6) is 0 Å². The third kappa shape index (κ3) is 4.10. The van der Waals surface area contributed by atoms with Gasteiger partial charge in [-0.3, -0.25) is 4.79 Å². The van der Waals surface area contributed by atoms with Crippen LogP contribution in [0, 0.1) is 11.3 Å². The maximum absolute atomic E-state index is 12.7. The largest absolute Gasteiger partial charge is 0.416 e. The maximum atomic E-state index is 12.7. The van der Waals surface area contributed by atoms with E-state index >= 15 is 0 Å². The first kappa shape index (κ1) is 16.6. The van der Waals surface area contributed by atoms with Crippen molar-refractivity contribution in [1.29, 1.82) is 5.26 Å². The summed E-state index contributed by atoms with van der Waals surface area (Å²) in [5.41, 5.74) is 0.367. The average Bonchev–Trinajstić information content (AvgIpc) is 2.54. The molecular weight excluding hydrogens is 305 g/mol. The molecule has 0 spiro atoms. The summed E-state index contributed by atoms with van der Waals surface area (Å²) in [6, 6.07) is 12.2. The minimum absolute atomic E-state index is 0.336. The summed E-state index contributed by atoms with van der Waals surface area (Å²) >= 11 is 0. The van der Waals surface area contributed by atoms with Gasteiger partial charge in [-0.2, -0.15) is 18.4 Å². The molecule has 0 radical (unpaired) electrons. The zero-order valence-electron chi connectivity index (χ0n) is 12.2.